The van der Waals surface area contributed by atoms with E-state index >= 15 is 0 Å². The molecule has 2 N–H and O–H groups in total. The molecule has 114 valence electrons. The first kappa shape index (κ1) is 17.8. The van der Waals surface area contributed by atoms with Crippen LogP contribution in [0, 0.1) is 0 Å². The zero-order valence-electron chi connectivity index (χ0n) is 14.6. The van der Waals surface area contributed by atoms with Gasteiger partial charge in [0.15, 0.2) is 7.83 Å². The fourth-order valence-corrected chi connectivity index (χ4v) is 75.0. The maximum absolute atomic E-state index is 6.97. The van der Waals surface area contributed by atoms with Crippen LogP contribution in [0.2, 0.25) is 52.4 Å². The Bertz CT molecular complexity index is 355. The van der Waals surface area contributed by atoms with Gasteiger partial charge in [0.05, 0.1) is 14.7 Å². The van der Waals surface area contributed by atoms with Crippen molar-refractivity contribution in [3.05, 3.63) is 0 Å². The van der Waals surface area contributed by atoms with Crippen LogP contribution in [0.3, 0.4) is 0 Å². The normalized spacial score (nSPS) is 35.1. The molecule has 0 aromatic carbocycles. The molecule has 0 aromatic heterocycles. The Morgan fingerprint density at radius 1 is 0.895 bits per heavy atom. The molecule has 1 heterocycles. The van der Waals surface area contributed by atoms with Crippen molar-refractivity contribution in [2.45, 2.75) is 77.4 Å². The van der Waals surface area contributed by atoms with Crippen molar-refractivity contribution in [3.63, 3.8) is 0 Å². The summed E-state index contributed by atoms with van der Waals surface area (Å²) in [7, 11) is -5.32. The summed E-state index contributed by atoms with van der Waals surface area (Å²) in [4.78, 5) is 0. The molecule has 1 atom stereocenters. The number of rotatable bonds is 3. The Labute approximate surface area is 124 Å². The molecule has 1 aliphatic rings. The van der Waals surface area contributed by atoms with Crippen LogP contribution in [0.5, 0.6) is 0 Å². The molecule has 6 heteroatoms. The van der Waals surface area contributed by atoms with Gasteiger partial charge in [0, 0.05) is 12.3 Å². The van der Waals surface area contributed by atoms with Crippen LogP contribution in [0.15, 0.2) is 0 Å². The standard InChI is InChI=1S/C13H35NOSi4/c1-13(11-10-12-14)15-17(4,5)19(8,9)18(6,7)16(13,2)3/h10-12,14H2,1-9H3. The molecule has 0 saturated carbocycles. The van der Waals surface area contributed by atoms with E-state index in [9.17, 15) is 0 Å². The van der Waals surface area contributed by atoms with Gasteiger partial charge in [0.1, 0.15) is 0 Å². The second-order valence-electron chi connectivity index (χ2n) is 8.61. The molecular weight excluding hydrogens is 298 g/mol. The fraction of sp³-hybridized carbons (Fsp3) is 1.00. The highest BCUT2D eigenvalue weighted by Crippen LogP contribution is 2.49. The van der Waals surface area contributed by atoms with Gasteiger partial charge in [-0.1, -0.05) is 39.3 Å². The fourth-order valence-electron chi connectivity index (χ4n) is 3.82. The predicted molar refractivity (Wildman–Crippen MR) is 97.7 cm³/mol. The summed E-state index contributed by atoms with van der Waals surface area (Å²) in [5, 5.41) is 0.167. The van der Waals surface area contributed by atoms with Crippen LogP contribution < -0.4 is 5.73 Å². The molecule has 0 amide bonds. The average molecular weight is 334 g/mol. The maximum atomic E-state index is 6.97. The first-order chi connectivity index (χ1) is 8.27. The van der Waals surface area contributed by atoms with Gasteiger partial charge >= 0.3 is 0 Å². The van der Waals surface area contributed by atoms with Crippen LogP contribution in [0.4, 0.5) is 0 Å². The second kappa shape index (κ2) is 4.91. The van der Waals surface area contributed by atoms with Crippen molar-refractivity contribution in [3.8, 4) is 0 Å². The zero-order valence-corrected chi connectivity index (χ0v) is 18.6. The van der Waals surface area contributed by atoms with Gasteiger partial charge in [-0.05, 0) is 39.4 Å². The van der Waals surface area contributed by atoms with Crippen molar-refractivity contribution in [2.75, 3.05) is 6.54 Å². The van der Waals surface area contributed by atoms with Crippen LogP contribution in [-0.4, -0.2) is 41.4 Å². The lowest BCUT2D eigenvalue weighted by Crippen LogP contribution is -2.90. The third kappa shape index (κ3) is 2.32. The molecule has 1 unspecified atom stereocenters. The summed E-state index contributed by atoms with van der Waals surface area (Å²) in [6.45, 7) is 24.1. The van der Waals surface area contributed by atoms with Crippen LogP contribution in [0.1, 0.15) is 19.8 Å². The van der Waals surface area contributed by atoms with E-state index in [2.05, 4.69) is 59.3 Å². The third-order valence-electron chi connectivity index (χ3n) is 7.29. The number of hydrogen-bond donors (Lipinski definition) is 1. The highest BCUT2D eigenvalue weighted by Gasteiger charge is 2.70. The van der Waals surface area contributed by atoms with E-state index in [1.165, 1.54) is 6.42 Å². The lowest BCUT2D eigenvalue weighted by Gasteiger charge is -2.66. The highest BCUT2D eigenvalue weighted by atomic mass is 29.8. The molecule has 0 bridgehead atoms. The first-order valence-electron chi connectivity index (χ1n) is 7.67. The molecule has 1 saturated heterocycles. The second-order valence-corrected chi connectivity index (χ2v) is 48.0. The van der Waals surface area contributed by atoms with Crippen molar-refractivity contribution >= 4 is 29.6 Å². The van der Waals surface area contributed by atoms with Gasteiger partial charge in [-0.25, -0.2) is 0 Å². The Morgan fingerprint density at radius 2 is 1.37 bits per heavy atom. The van der Waals surface area contributed by atoms with Gasteiger partial charge in [0.25, 0.3) is 0 Å². The Hall–Kier alpha value is 0.788. The number of nitrogens with two attached hydrogens (primary N) is 1. The maximum Gasteiger partial charge on any atom is 0.171 e. The minimum Gasteiger partial charge on any atom is -0.418 e. The van der Waals surface area contributed by atoms with Gasteiger partial charge in [-0.3, -0.25) is 0 Å². The van der Waals surface area contributed by atoms with E-state index < -0.39 is 29.6 Å². The molecule has 2 nitrogen and oxygen atoms in total. The van der Waals surface area contributed by atoms with Crippen molar-refractivity contribution in [2.24, 2.45) is 5.73 Å². The van der Waals surface area contributed by atoms with Gasteiger partial charge in [0.2, 0.25) is 0 Å². The van der Waals surface area contributed by atoms with E-state index in [0.717, 1.165) is 13.0 Å². The van der Waals surface area contributed by atoms with E-state index in [1.807, 2.05) is 0 Å². The molecular formula is C13H35NOSi4. The molecule has 1 aliphatic heterocycles. The highest BCUT2D eigenvalue weighted by molar-refractivity contribution is 7.83. The van der Waals surface area contributed by atoms with E-state index in [-0.39, 0.29) is 5.22 Å². The van der Waals surface area contributed by atoms with Crippen molar-refractivity contribution < 1.29 is 4.43 Å². The Morgan fingerprint density at radius 3 is 1.79 bits per heavy atom. The van der Waals surface area contributed by atoms with Crippen LogP contribution in [0.25, 0.3) is 0 Å². The minimum atomic E-state index is -1.53. The van der Waals surface area contributed by atoms with Gasteiger partial charge < -0.3 is 10.2 Å². The molecule has 19 heavy (non-hydrogen) atoms. The molecule has 1 rings (SSSR count). The van der Waals surface area contributed by atoms with Gasteiger partial charge in [-0.15, -0.1) is 0 Å². The SMILES string of the molecule is CC1(CCCN)O[Si](C)(C)[Si](C)(C)[Si](C)(C)[Si]1(C)C. The summed E-state index contributed by atoms with van der Waals surface area (Å²) in [5.74, 6) is 0. The quantitative estimate of drug-likeness (QED) is 0.801. The molecule has 0 radical (unpaired) electrons. The lowest BCUT2D eigenvalue weighted by atomic mass is 10.2. The van der Waals surface area contributed by atoms with Crippen LogP contribution >= 0.6 is 0 Å². The molecule has 0 aromatic rings. The summed E-state index contributed by atoms with van der Waals surface area (Å²) in [6.07, 6.45) is 2.30. The number of hydrogen-bond acceptors (Lipinski definition) is 2. The van der Waals surface area contributed by atoms with E-state index in [1.54, 1.807) is 0 Å². The molecule has 0 spiro atoms. The first-order valence-corrected chi connectivity index (χ1v) is 22.6. The minimum absolute atomic E-state index is 0.167. The van der Waals surface area contributed by atoms with E-state index in [4.69, 9.17) is 10.2 Å². The summed E-state index contributed by atoms with van der Waals surface area (Å²) in [5.41, 5.74) is 5.77. The summed E-state index contributed by atoms with van der Waals surface area (Å²) in [6, 6.07) is 0. The predicted octanol–water partition coefficient (Wildman–Crippen LogP) is 3.62. The van der Waals surface area contributed by atoms with Crippen molar-refractivity contribution in [1.29, 1.82) is 0 Å². The summed E-state index contributed by atoms with van der Waals surface area (Å²) < 4.78 is 6.97. The topological polar surface area (TPSA) is 35.2 Å². The summed E-state index contributed by atoms with van der Waals surface area (Å²) >= 11 is 0. The van der Waals surface area contributed by atoms with E-state index in [0.29, 0.717) is 0 Å². The molecule has 1 fully saturated rings. The Kier molecular flexibility index (Phi) is 4.61. The third-order valence-corrected chi connectivity index (χ3v) is 74.9. The Balaban J connectivity index is 3.33. The largest absolute Gasteiger partial charge is 0.418 e. The zero-order chi connectivity index (χ0) is 15.3. The monoisotopic (exact) mass is 333 g/mol. The molecule has 0 aliphatic carbocycles. The van der Waals surface area contributed by atoms with Crippen LogP contribution in [-0.2, 0) is 4.43 Å². The van der Waals surface area contributed by atoms with Crippen molar-refractivity contribution in [1.82, 2.24) is 0 Å². The smallest absolute Gasteiger partial charge is 0.171 e. The average Bonchev–Trinajstić information content (AvgIpc) is 2.23. The van der Waals surface area contributed by atoms with Gasteiger partial charge in [-0.2, -0.15) is 0 Å². The lowest BCUT2D eigenvalue weighted by molar-refractivity contribution is 0.149.